The fourth-order valence-corrected chi connectivity index (χ4v) is 2.55. The van der Waals surface area contributed by atoms with Crippen molar-refractivity contribution >= 4 is 6.03 Å². The van der Waals surface area contributed by atoms with Crippen LogP contribution < -0.4 is 5.32 Å². The molecule has 2 unspecified atom stereocenters. The van der Waals surface area contributed by atoms with E-state index in [-0.39, 0.29) is 18.1 Å². The predicted octanol–water partition coefficient (Wildman–Crippen LogP) is 1.70. The van der Waals surface area contributed by atoms with Crippen LogP contribution in [0.15, 0.2) is 22.8 Å². The van der Waals surface area contributed by atoms with Crippen LogP contribution in [-0.2, 0) is 4.74 Å². The Bertz CT molecular complexity index is 435. The van der Waals surface area contributed by atoms with Crippen molar-refractivity contribution < 1.29 is 13.9 Å². The van der Waals surface area contributed by atoms with Gasteiger partial charge in [0, 0.05) is 39.8 Å². The summed E-state index contributed by atoms with van der Waals surface area (Å²) in [6.07, 6.45) is 2.61. The number of likely N-dealkylation sites (tertiary alicyclic amines) is 1. The van der Waals surface area contributed by atoms with Crippen molar-refractivity contribution in [1.82, 2.24) is 15.1 Å². The number of nitrogens with one attached hydrogen (secondary N) is 1. The van der Waals surface area contributed by atoms with Crippen molar-refractivity contribution in [2.24, 2.45) is 0 Å². The minimum absolute atomic E-state index is 0.0579. The van der Waals surface area contributed by atoms with Crippen molar-refractivity contribution in [2.45, 2.75) is 25.4 Å². The molecule has 0 saturated carbocycles. The number of methoxy groups -OCH3 is 1. The molecule has 6 heteroatoms. The van der Waals surface area contributed by atoms with Crippen LogP contribution in [0.4, 0.5) is 4.79 Å². The molecule has 0 aromatic carbocycles. The van der Waals surface area contributed by atoms with Crippen molar-refractivity contribution in [2.75, 3.05) is 40.4 Å². The Morgan fingerprint density at radius 2 is 2.48 bits per heavy atom. The van der Waals surface area contributed by atoms with E-state index in [0.29, 0.717) is 0 Å². The number of carbonyl (C=O) groups is 1. The molecule has 118 valence electrons. The lowest BCUT2D eigenvalue weighted by atomic mass is 10.2. The van der Waals surface area contributed by atoms with Crippen LogP contribution in [0.5, 0.6) is 0 Å². The van der Waals surface area contributed by atoms with Crippen LogP contribution in [0, 0.1) is 0 Å². The standard InChI is InChI=1S/C15H25N3O3/c1-12(14-5-4-9-21-14)17(2)15(19)16-13-6-7-18(11-13)8-10-20-3/h4-5,9,12-13H,6-8,10-11H2,1-3H3,(H,16,19). The van der Waals surface area contributed by atoms with Gasteiger partial charge in [0.2, 0.25) is 0 Å². The maximum Gasteiger partial charge on any atom is 0.318 e. The number of hydrogen-bond donors (Lipinski definition) is 1. The summed E-state index contributed by atoms with van der Waals surface area (Å²) in [6.45, 7) is 5.50. The monoisotopic (exact) mass is 295 g/mol. The summed E-state index contributed by atoms with van der Waals surface area (Å²) in [5.74, 6) is 0.792. The molecule has 2 rings (SSSR count). The number of hydrogen-bond acceptors (Lipinski definition) is 4. The molecule has 2 heterocycles. The van der Waals surface area contributed by atoms with Gasteiger partial charge in [-0.15, -0.1) is 0 Å². The lowest BCUT2D eigenvalue weighted by Crippen LogP contribution is -2.45. The average Bonchev–Trinajstić information content (AvgIpc) is 3.15. The summed E-state index contributed by atoms with van der Waals surface area (Å²) in [5, 5.41) is 3.09. The van der Waals surface area contributed by atoms with Gasteiger partial charge in [0.15, 0.2) is 0 Å². The highest BCUT2D eigenvalue weighted by molar-refractivity contribution is 5.74. The fraction of sp³-hybridized carbons (Fsp3) is 0.667. The van der Waals surface area contributed by atoms with Crippen LogP contribution in [0.3, 0.4) is 0 Å². The number of furan rings is 1. The van der Waals surface area contributed by atoms with Gasteiger partial charge in [-0.25, -0.2) is 4.79 Å². The Morgan fingerprint density at radius 1 is 1.67 bits per heavy atom. The van der Waals surface area contributed by atoms with E-state index in [0.717, 1.165) is 38.4 Å². The zero-order chi connectivity index (χ0) is 15.2. The van der Waals surface area contributed by atoms with E-state index in [1.54, 1.807) is 25.3 Å². The first-order chi connectivity index (χ1) is 10.1. The number of rotatable bonds is 6. The minimum atomic E-state index is -0.0778. The topological polar surface area (TPSA) is 58.0 Å². The van der Waals surface area contributed by atoms with Crippen LogP contribution in [0.2, 0.25) is 0 Å². The summed E-state index contributed by atoms with van der Waals surface area (Å²) < 4.78 is 10.4. The average molecular weight is 295 g/mol. The lowest BCUT2D eigenvalue weighted by Gasteiger charge is -2.25. The van der Waals surface area contributed by atoms with Gasteiger partial charge in [0.1, 0.15) is 5.76 Å². The molecular weight excluding hydrogens is 270 g/mol. The fourth-order valence-electron chi connectivity index (χ4n) is 2.55. The molecule has 1 saturated heterocycles. The first-order valence-electron chi connectivity index (χ1n) is 7.40. The highest BCUT2D eigenvalue weighted by Gasteiger charge is 2.26. The molecule has 1 aliphatic rings. The maximum absolute atomic E-state index is 12.3. The minimum Gasteiger partial charge on any atom is -0.467 e. The van der Waals surface area contributed by atoms with E-state index in [9.17, 15) is 4.79 Å². The van der Waals surface area contributed by atoms with Gasteiger partial charge >= 0.3 is 6.03 Å². The van der Waals surface area contributed by atoms with Gasteiger partial charge in [-0.3, -0.25) is 4.90 Å². The number of ether oxygens (including phenoxy) is 1. The van der Waals surface area contributed by atoms with Crippen molar-refractivity contribution in [1.29, 1.82) is 0 Å². The largest absolute Gasteiger partial charge is 0.467 e. The van der Waals surface area contributed by atoms with E-state index in [1.165, 1.54) is 0 Å². The third-order valence-corrected chi connectivity index (χ3v) is 4.07. The predicted molar refractivity (Wildman–Crippen MR) is 80.1 cm³/mol. The summed E-state index contributed by atoms with van der Waals surface area (Å²) in [7, 11) is 3.50. The molecule has 0 radical (unpaired) electrons. The van der Waals surface area contributed by atoms with Crippen molar-refractivity contribution in [3.63, 3.8) is 0 Å². The van der Waals surface area contributed by atoms with E-state index < -0.39 is 0 Å². The second-order valence-electron chi connectivity index (χ2n) is 5.53. The Morgan fingerprint density at radius 3 is 3.14 bits per heavy atom. The van der Waals surface area contributed by atoms with Crippen LogP contribution in [0.25, 0.3) is 0 Å². The number of amides is 2. The third kappa shape index (κ3) is 4.22. The van der Waals surface area contributed by atoms with Crippen LogP contribution >= 0.6 is 0 Å². The molecule has 0 spiro atoms. The number of nitrogens with zero attached hydrogens (tertiary/aromatic N) is 2. The van der Waals surface area contributed by atoms with E-state index >= 15 is 0 Å². The van der Waals surface area contributed by atoms with Gasteiger partial charge in [0.05, 0.1) is 18.9 Å². The number of carbonyl (C=O) groups excluding carboxylic acids is 1. The second-order valence-corrected chi connectivity index (χ2v) is 5.53. The first kappa shape index (κ1) is 15.9. The summed E-state index contributed by atoms with van der Waals surface area (Å²) in [4.78, 5) is 16.3. The zero-order valence-corrected chi connectivity index (χ0v) is 13.0. The van der Waals surface area contributed by atoms with E-state index in [2.05, 4.69) is 10.2 Å². The Kier molecular flexibility index (Phi) is 5.64. The molecule has 2 atom stereocenters. The number of urea groups is 1. The third-order valence-electron chi connectivity index (χ3n) is 4.07. The molecule has 0 bridgehead atoms. The molecule has 1 aromatic rings. The van der Waals surface area contributed by atoms with Gasteiger partial charge < -0.3 is 19.4 Å². The van der Waals surface area contributed by atoms with Crippen molar-refractivity contribution in [3.8, 4) is 0 Å². The molecule has 1 aliphatic heterocycles. The molecule has 1 fully saturated rings. The highest BCUT2D eigenvalue weighted by atomic mass is 16.5. The molecule has 6 nitrogen and oxygen atoms in total. The molecule has 21 heavy (non-hydrogen) atoms. The van der Waals surface area contributed by atoms with E-state index in [4.69, 9.17) is 9.15 Å². The normalized spacial score (nSPS) is 20.4. The maximum atomic E-state index is 12.3. The van der Waals surface area contributed by atoms with Gasteiger partial charge in [-0.2, -0.15) is 0 Å². The highest BCUT2D eigenvalue weighted by Crippen LogP contribution is 2.19. The SMILES string of the molecule is COCCN1CCC(NC(=O)N(C)C(C)c2ccco2)C1. The molecular formula is C15H25N3O3. The quantitative estimate of drug-likeness (QED) is 0.868. The van der Waals surface area contributed by atoms with E-state index in [1.807, 2.05) is 19.1 Å². The van der Waals surface area contributed by atoms with Crippen LogP contribution in [-0.4, -0.2) is 62.3 Å². The summed E-state index contributed by atoms with van der Waals surface area (Å²) in [5.41, 5.74) is 0. The Hall–Kier alpha value is -1.53. The zero-order valence-electron chi connectivity index (χ0n) is 13.0. The molecule has 1 N–H and O–H groups in total. The van der Waals surface area contributed by atoms with Gasteiger partial charge in [0.25, 0.3) is 0 Å². The Labute approximate surface area is 126 Å². The van der Waals surface area contributed by atoms with Crippen molar-refractivity contribution in [3.05, 3.63) is 24.2 Å². The van der Waals surface area contributed by atoms with Gasteiger partial charge in [-0.05, 0) is 25.5 Å². The first-order valence-corrected chi connectivity index (χ1v) is 7.40. The summed E-state index contributed by atoms with van der Waals surface area (Å²) in [6, 6.07) is 3.79. The Balaban J connectivity index is 1.79. The van der Waals surface area contributed by atoms with Crippen LogP contribution in [0.1, 0.15) is 25.1 Å². The molecule has 0 aliphatic carbocycles. The molecule has 1 aromatic heterocycles. The van der Waals surface area contributed by atoms with Gasteiger partial charge in [-0.1, -0.05) is 0 Å². The second kappa shape index (κ2) is 7.47. The summed E-state index contributed by atoms with van der Waals surface area (Å²) >= 11 is 0. The lowest BCUT2D eigenvalue weighted by molar-refractivity contribution is 0.158. The smallest absolute Gasteiger partial charge is 0.318 e. The molecule has 2 amide bonds.